The summed E-state index contributed by atoms with van der Waals surface area (Å²) in [4.78, 5) is 12.5. The van der Waals surface area contributed by atoms with Crippen molar-refractivity contribution in [1.82, 2.24) is 9.88 Å². The van der Waals surface area contributed by atoms with Crippen molar-refractivity contribution in [2.24, 2.45) is 0 Å². The summed E-state index contributed by atoms with van der Waals surface area (Å²) in [7, 11) is 1.81. The van der Waals surface area contributed by atoms with Gasteiger partial charge in [-0.1, -0.05) is 6.07 Å². The fourth-order valence-electron chi connectivity index (χ4n) is 2.29. The molecule has 1 N–H and O–H groups in total. The molecule has 0 bridgehead atoms. The Labute approximate surface area is 118 Å². The minimum absolute atomic E-state index is 0.00354. The number of pyridine rings is 1. The number of benzene rings is 1. The van der Waals surface area contributed by atoms with Crippen LogP contribution in [0, 0.1) is 5.82 Å². The van der Waals surface area contributed by atoms with Crippen molar-refractivity contribution >= 4 is 0 Å². The van der Waals surface area contributed by atoms with Crippen LogP contribution in [0.25, 0.3) is 11.3 Å². The molecular weight excluding hydrogens is 255 g/mol. The standard InChI is InChI=1S/C16H19FN2O/c1-11(2)19-15(12-4-7-14(17)8-5-12)9-6-13(10-18-3)16(19)20/h4-9,11,18H,10H2,1-3H3. The molecule has 1 aromatic heterocycles. The summed E-state index contributed by atoms with van der Waals surface area (Å²) in [5.41, 5.74) is 2.38. The van der Waals surface area contributed by atoms with Gasteiger partial charge in [-0.3, -0.25) is 4.79 Å². The molecule has 2 aromatic rings. The maximum Gasteiger partial charge on any atom is 0.255 e. The molecule has 0 saturated carbocycles. The first-order chi connectivity index (χ1) is 9.54. The molecule has 106 valence electrons. The van der Waals surface area contributed by atoms with Crippen molar-refractivity contribution in [3.05, 3.63) is 58.1 Å². The molecule has 0 aliphatic heterocycles. The average molecular weight is 274 g/mol. The Hall–Kier alpha value is -1.94. The molecule has 0 unspecified atom stereocenters. The largest absolute Gasteiger partial charge is 0.315 e. The summed E-state index contributed by atoms with van der Waals surface area (Å²) in [6, 6.07) is 10.00. The van der Waals surface area contributed by atoms with E-state index in [0.717, 1.165) is 16.8 Å². The minimum Gasteiger partial charge on any atom is -0.315 e. The van der Waals surface area contributed by atoms with Gasteiger partial charge < -0.3 is 9.88 Å². The Balaban J connectivity index is 2.61. The molecule has 0 amide bonds. The molecule has 0 saturated heterocycles. The SMILES string of the molecule is CNCc1ccc(-c2ccc(F)cc2)n(C(C)C)c1=O. The molecule has 0 radical (unpaired) electrons. The van der Waals surface area contributed by atoms with E-state index in [0.29, 0.717) is 6.54 Å². The first kappa shape index (κ1) is 14.5. The lowest BCUT2D eigenvalue weighted by Gasteiger charge is -2.18. The third-order valence-corrected chi connectivity index (χ3v) is 3.22. The molecule has 0 fully saturated rings. The summed E-state index contributed by atoms with van der Waals surface area (Å²) < 4.78 is 14.8. The number of aromatic nitrogens is 1. The lowest BCUT2D eigenvalue weighted by Crippen LogP contribution is -2.28. The van der Waals surface area contributed by atoms with Crippen LogP contribution in [-0.2, 0) is 6.54 Å². The van der Waals surface area contributed by atoms with Gasteiger partial charge in [0, 0.05) is 18.2 Å². The number of nitrogens with one attached hydrogen (secondary N) is 1. The van der Waals surface area contributed by atoms with E-state index in [1.807, 2.05) is 33.0 Å². The van der Waals surface area contributed by atoms with Gasteiger partial charge in [0.1, 0.15) is 5.82 Å². The van der Waals surface area contributed by atoms with Gasteiger partial charge in [0.15, 0.2) is 0 Å². The van der Waals surface area contributed by atoms with Gasteiger partial charge in [0.2, 0.25) is 0 Å². The summed E-state index contributed by atoms with van der Waals surface area (Å²) in [5, 5.41) is 2.99. The summed E-state index contributed by atoms with van der Waals surface area (Å²) >= 11 is 0. The number of halogens is 1. The van der Waals surface area contributed by atoms with Crippen LogP contribution in [0.3, 0.4) is 0 Å². The van der Waals surface area contributed by atoms with E-state index < -0.39 is 0 Å². The van der Waals surface area contributed by atoms with Crippen LogP contribution in [0.15, 0.2) is 41.2 Å². The monoisotopic (exact) mass is 274 g/mol. The molecule has 1 aromatic carbocycles. The van der Waals surface area contributed by atoms with Gasteiger partial charge in [-0.15, -0.1) is 0 Å². The molecule has 3 nitrogen and oxygen atoms in total. The number of nitrogens with zero attached hydrogens (tertiary/aromatic N) is 1. The average Bonchev–Trinajstić information content (AvgIpc) is 2.41. The molecule has 0 aliphatic carbocycles. The van der Waals surface area contributed by atoms with Crippen LogP contribution < -0.4 is 10.9 Å². The quantitative estimate of drug-likeness (QED) is 0.930. The molecule has 0 atom stereocenters. The van der Waals surface area contributed by atoms with Gasteiger partial charge in [0.25, 0.3) is 5.56 Å². The van der Waals surface area contributed by atoms with Crippen LogP contribution in [0.1, 0.15) is 25.5 Å². The maximum absolute atomic E-state index is 13.0. The zero-order valence-electron chi connectivity index (χ0n) is 12.0. The van der Waals surface area contributed by atoms with Gasteiger partial charge >= 0.3 is 0 Å². The van der Waals surface area contributed by atoms with Gasteiger partial charge in [0.05, 0.1) is 5.69 Å². The minimum atomic E-state index is -0.279. The smallest absolute Gasteiger partial charge is 0.255 e. The highest BCUT2D eigenvalue weighted by Crippen LogP contribution is 2.21. The molecular formula is C16H19FN2O. The number of rotatable bonds is 4. The Morgan fingerprint density at radius 1 is 1.15 bits per heavy atom. The van der Waals surface area contributed by atoms with Gasteiger partial charge in [-0.05, 0) is 56.8 Å². The highest BCUT2D eigenvalue weighted by Gasteiger charge is 2.12. The molecule has 2 rings (SSSR count). The lowest BCUT2D eigenvalue weighted by atomic mass is 10.1. The summed E-state index contributed by atoms with van der Waals surface area (Å²) in [6.07, 6.45) is 0. The molecule has 4 heteroatoms. The van der Waals surface area contributed by atoms with Crippen molar-refractivity contribution in [2.75, 3.05) is 7.05 Å². The number of hydrogen-bond acceptors (Lipinski definition) is 2. The lowest BCUT2D eigenvalue weighted by molar-refractivity contribution is 0.577. The van der Waals surface area contributed by atoms with Crippen LogP contribution in [-0.4, -0.2) is 11.6 Å². The van der Waals surface area contributed by atoms with Crippen molar-refractivity contribution in [3.63, 3.8) is 0 Å². The van der Waals surface area contributed by atoms with E-state index in [-0.39, 0.29) is 17.4 Å². The Bertz CT molecular complexity index is 645. The summed E-state index contributed by atoms with van der Waals surface area (Å²) in [5.74, 6) is -0.279. The van der Waals surface area contributed by atoms with Crippen molar-refractivity contribution in [1.29, 1.82) is 0 Å². The topological polar surface area (TPSA) is 34.0 Å². The first-order valence-electron chi connectivity index (χ1n) is 6.69. The van der Waals surface area contributed by atoms with Crippen LogP contribution in [0.5, 0.6) is 0 Å². The van der Waals surface area contributed by atoms with Gasteiger partial charge in [-0.25, -0.2) is 4.39 Å². The van der Waals surface area contributed by atoms with Crippen molar-refractivity contribution < 1.29 is 4.39 Å². The molecule has 20 heavy (non-hydrogen) atoms. The zero-order chi connectivity index (χ0) is 14.7. The van der Waals surface area contributed by atoms with Gasteiger partial charge in [-0.2, -0.15) is 0 Å². The van der Waals surface area contributed by atoms with E-state index in [1.165, 1.54) is 12.1 Å². The molecule has 0 spiro atoms. The maximum atomic E-state index is 13.0. The molecule has 0 aliphatic rings. The zero-order valence-corrected chi connectivity index (χ0v) is 12.0. The van der Waals surface area contributed by atoms with Crippen LogP contribution in [0.4, 0.5) is 4.39 Å². The van der Waals surface area contributed by atoms with E-state index in [2.05, 4.69) is 5.32 Å². The van der Waals surface area contributed by atoms with Crippen LogP contribution in [0.2, 0.25) is 0 Å². The van der Waals surface area contributed by atoms with E-state index in [4.69, 9.17) is 0 Å². The highest BCUT2D eigenvalue weighted by molar-refractivity contribution is 5.60. The Kier molecular flexibility index (Phi) is 4.35. The third kappa shape index (κ3) is 2.80. The second-order valence-corrected chi connectivity index (χ2v) is 5.05. The fourth-order valence-corrected chi connectivity index (χ4v) is 2.29. The van der Waals surface area contributed by atoms with E-state index >= 15 is 0 Å². The van der Waals surface area contributed by atoms with E-state index in [1.54, 1.807) is 16.7 Å². The molecule has 1 heterocycles. The predicted octanol–water partition coefficient (Wildman–Crippen LogP) is 2.95. The second-order valence-electron chi connectivity index (χ2n) is 5.05. The fraction of sp³-hybridized carbons (Fsp3) is 0.312. The predicted molar refractivity (Wildman–Crippen MR) is 79.2 cm³/mol. The second kappa shape index (κ2) is 6.01. The Morgan fingerprint density at radius 3 is 2.35 bits per heavy atom. The normalized spacial score (nSPS) is 11.1. The third-order valence-electron chi connectivity index (χ3n) is 3.22. The first-order valence-corrected chi connectivity index (χ1v) is 6.69. The Morgan fingerprint density at radius 2 is 1.80 bits per heavy atom. The number of hydrogen-bond donors (Lipinski definition) is 1. The van der Waals surface area contributed by atoms with Crippen LogP contribution >= 0.6 is 0 Å². The highest BCUT2D eigenvalue weighted by atomic mass is 19.1. The van der Waals surface area contributed by atoms with Crippen molar-refractivity contribution in [3.8, 4) is 11.3 Å². The van der Waals surface area contributed by atoms with E-state index in [9.17, 15) is 9.18 Å². The summed E-state index contributed by atoms with van der Waals surface area (Å²) in [6.45, 7) is 4.48. The van der Waals surface area contributed by atoms with Crippen molar-refractivity contribution in [2.45, 2.75) is 26.4 Å².